The number of aliphatic hydroxyl groups is 1. The van der Waals surface area contributed by atoms with Crippen LogP contribution in [-0.2, 0) is 6.54 Å². The number of aromatic nitrogens is 3. The summed E-state index contributed by atoms with van der Waals surface area (Å²) in [6.45, 7) is 4.13. The summed E-state index contributed by atoms with van der Waals surface area (Å²) in [6.07, 6.45) is 1.67. The van der Waals surface area contributed by atoms with Gasteiger partial charge in [0.2, 0.25) is 6.35 Å². The van der Waals surface area contributed by atoms with Gasteiger partial charge in [0.1, 0.15) is 17.7 Å². The molecule has 2 aromatic rings. The standard InChI is InChI=1S/C14H17N5O3/c1-8(2)11-4-9(22-17-11)6-19-13(20)10-5-15-7-16-12(10)18(3)14(19)21/h4-5,7-8,14,21H,6H2,1-3H3. The van der Waals surface area contributed by atoms with Crippen LogP contribution in [0.5, 0.6) is 0 Å². The summed E-state index contributed by atoms with van der Waals surface area (Å²) in [5, 5.41) is 14.3. The molecule has 1 aliphatic heterocycles. The molecule has 1 aliphatic rings. The Morgan fingerprint density at radius 2 is 2.23 bits per heavy atom. The van der Waals surface area contributed by atoms with Gasteiger partial charge >= 0.3 is 0 Å². The Labute approximate surface area is 127 Å². The number of carbonyl (C=O) groups is 1. The average Bonchev–Trinajstić information content (AvgIpc) is 2.98. The third-order valence-electron chi connectivity index (χ3n) is 3.64. The van der Waals surface area contributed by atoms with Crippen molar-refractivity contribution in [2.45, 2.75) is 32.7 Å². The molecule has 1 atom stereocenters. The van der Waals surface area contributed by atoms with E-state index in [4.69, 9.17) is 4.52 Å². The second-order valence-electron chi connectivity index (χ2n) is 5.52. The summed E-state index contributed by atoms with van der Waals surface area (Å²) in [5.41, 5.74) is 1.16. The van der Waals surface area contributed by atoms with E-state index >= 15 is 0 Å². The highest BCUT2D eigenvalue weighted by Crippen LogP contribution is 2.27. The van der Waals surface area contributed by atoms with Crippen molar-refractivity contribution in [2.75, 3.05) is 11.9 Å². The van der Waals surface area contributed by atoms with Crippen LogP contribution >= 0.6 is 0 Å². The molecule has 0 bridgehead atoms. The van der Waals surface area contributed by atoms with Crippen LogP contribution in [0.25, 0.3) is 0 Å². The molecule has 1 N–H and O–H groups in total. The molecular weight excluding hydrogens is 286 g/mol. The number of hydrogen-bond acceptors (Lipinski definition) is 7. The van der Waals surface area contributed by atoms with Gasteiger partial charge in [0, 0.05) is 19.3 Å². The number of aliphatic hydroxyl groups excluding tert-OH is 1. The van der Waals surface area contributed by atoms with E-state index in [9.17, 15) is 9.90 Å². The fourth-order valence-corrected chi connectivity index (χ4v) is 2.33. The molecule has 0 spiro atoms. The van der Waals surface area contributed by atoms with E-state index in [0.717, 1.165) is 5.69 Å². The number of hydrogen-bond donors (Lipinski definition) is 1. The largest absolute Gasteiger partial charge is 0.359 e. The minimum atomic E-state index is -1.12. The lowest BCUT2D eigenvalue weighted by Crippen LogP contribution is -2.53. The van der Waals surface area contributed by atoms with Crippen molar-refractivity contribution < 1.29 is 14.4 Å². The van der Waals surface area contributed by atoms with Crippen LogP contribution in [0.3, 0.4) is 0 Å². The van der Waals surface area contributed by atoms with Crippen molar-refractivity contribution in [3.63, 3.8) is 0 Å². The predicted molar refractivity (Wildman–Crippen MR) is 76.9 cm³/mol. The quantitative estimate of drug-likeness (QED) is 0.902. The minimum Gasteiger partial charge on any atom is -0.359 e. The third kappa shape index (κ3) is 2.31. The zero-order chi connectivity index (χ0) is 15.9. The maximum atomic E-state index is 12.5. The summed E-state index contributed by atoms with van der Waals surface area (Å²) in [5.74, 6) is 0.814. The van der Waals surface area contributed by atoms with Crippen LogP contribution in [0.15, 0.2) is 23.1 Å². The lowest BCUT2D eigenvalue weighted by atomic mass is 10.1. The number of amides is 1. The van der Waals surface area contributed by atoms with E-state index in [1.54, 1.807) is 13.1 Å². The van der Waals surface area contributed by atoms with Crippen molar-refractivity contribution in [3.8, 4) is 0 Å². The van der Waals surface area contributed by atoms with Crippen molar-refractivity contribution in [1.82, 2.24) is 20.0 Å². The van der Waals surface area contributed by atoms with E-state index < -0.39 is 6.35 Å². The van der Waals surface area contributed by atoms with Gasteiger partial charge in [-0.2, -0.15) is 0 Å². The SMILES string of the molecule is CC(C)c1cc(CN2C(=O)c3cncnc3N(C)C2O)on1. The van der Waals surface area contributed by atoms with Gasteiger partial charge in [-0.3, -0.25) is 9.69 Å². The summed E-state index contributed by atoms with van der Waals surface area (Å²) in [6, 6.07) is 1.79. The van der Waals surface area contributed by atoms with Crippen molar-refractivity contribution in [1.29, 1.82) is 0 Å². The first kappa shape index (κ1) is 14.5. The van der Waals surface area contributed by atoms with Crippen molar-refractivity contribution >= 4 is 11.7 Å². The summed E-state index contributed by atoms with van der Waals surface area (Å²) in [4.78, 5) is 23.2. The number of anilines is 1. The van der Waals surface area contributed by atoms with E-state index in [2.05, 4.69) is 15.1 Å². The normalized spacial score (nSPS) is 18.0. The van der Waals surface area contributed by atoms with Gasteiger partial charge in [-0.1, -0.05) is 19.0 Å². The Morgan fingerprint density at radius 3 is 2.91 bits per heavy atom. The molecule has 8 heteroatoms. The minimum absolute atomic E-state index is 0.123. The fourth-order valence-electron chi connectivity index (χ4n) is 2.33. The van der Waals surface area contributed by atoms with Crippen LogP contribution in [-0.4, -0.2) is 44.4 Å². The number of rotatable bonds is 3. The second kappa shape index (κ2) is 5.38. The average molecular weight is 303 g/mol. The number of nitrogens with zero attached hydrogens (tertiary/aromatic N) is 5. The monoisotopic (exact) mass is 303 g/mol. The van der Waals surface area contributed by atoms with E-state index in [1.807, 2.05) is 13.8 Å². The van der Waals surface area contributed by atoms with Gasteiger partial charge in [-0.05, 0) is 5.92 Å². The fraction of sp³-hybridized carbons (Fsp3) is 0.429. The molecule has 1 unspecified atom stereocenters. The number of fused-ring (bicyclic) bond motifs is 1. The highest BCUT2D eigenvalue weighted by atomic mass is 16.5. The van der Waals surface area contributed by atoms with Gasteiger partial charge in [0.05, 0.1) is 12.2 Å². The maximum Gasteiger partial charge on any atom is 0.263 e. The maximum absolute atomic E-state index is 12.5. The zero-order valence-electron chi connectivity index (χ0n) is 12.6. The van der Waals surface area contributed by atoms with E-state index in [0.29, 0.717) is 17.1 Å². The summed E-state index contributed by atoms with van der Waals surface area (Å²) >= 11 is 0. The van der Waals surface area contributed by atoms with Crippen LogP contribution in [0.4, 0.5) is 5.82 Å². The Kier molecular flexibility index (Phi) is 3.53. The molecule has 3 heterocycles. The van der Waals surface area contributed by atoms with Gasteiger partial charge in [0.15, 0.2) is 5.76 Å². The Morgan fingerprint density at radius 1 is 1.45 bits per heavy atom. The summed E-state index contributed by atoms with van der Waals surface area (Å²) < 4.78 is 5.24. The second-order valence-corrected chi connectivity index (χ2v) is 5.52. The van der Waals surface area contributed by atoms with Crippen LogP contribution in [0, 0.1) is 0 Å². The third-order valence-corrected chi connectivity index (χ3v) is 3.64. The Hall–Kier alpha value is -2.48. The predicted octanol–water partition coefficient (Wildman–Crippen LogP) is 0.956. The Balaban J connectivity index is 1.89. The smallest absolute Gasteiger partial charge is 0.263 e. The molecule has 116 valence electrons. The highest BCUT2D eigenvalue weighted by Gasteiger charge is 2.36. The first-order valence-electron chi connectivity index (χ1n) is 6.96. The molecule has 1 amide bonds. The van der Waals surface area contributed by atoms with E-state index in [1.165, 1.54) is 22.3 Å². The van der Waals surface area contributed by atoms with Gasteiger partial charge in [-0.15, -0.1) is 0 Å². The van der Waals surface area contributed by atoms with Crippen molar-refractivity contribution in [3.05, 3.63) is 35.6 Å². The topological polar surface area (TPSA) is 95.6 Å². The molecular formula is C14H17N5O3. The molecule has 0 fully saturated rings. The molecule has 2 aromatic heterocycles. The molecule has 0 saturated carbocycles. The molecule has 0 radical (unpaired) electrons. The van der Waals surface area contributed by atoms with Crippen LogP contribution in [0.1, 0.15) is 41.6 Å². The lowest BCUT2D eigenvalue weighted by Gasteiger charge is -2.38. The van der Waals surface area contributed by atoms with Crippen LogP contribution in [0.2, 0.25) is 0 Å². The molecule has 8 nitrogen and oxygen atoms in total. The lowest BCUT2D eigenvalue weighted by molar-refractivity contribution is -0.00345. The highest BCUT2D eigenvalue weighted by molar-refractivity contribution is 6.00. The first-order chi connectivity index (χ1) is 10.5. The van der Waals surface area contributed by atoms with Gasteiger partial charge in [-0.25, -0.2) is 9.97 Å². The molecule has 3 rings (SSSR count). The molecule has 0 saturated heterocycles. The van der Waals surface area contributed by atoms with E-state index in [-0.39, 0.29) is 18.4 Å². The van der Waals surface area contributed by atoms with Gasteiger partial charge < -0.3 is 14.5 Å². The molecule has 0 aliphatic carbocycles. The Bertz CT molecular complexity index is 699. The number of carbonyl (C=O) groups excluding carboxylic acids is 1. The molecule has 0 aromatic carbocycles. The zero-order valence-corrected chi connectivity index (χ0v) is 12.6. The first-order valence-corrected chi connectivity index (χ1v) is 6.96. The summed E-state index contributed by atoms with van der Waals surface area (Å²) in [7, 11) is 1.66. The van der Waals surface area contributed by atoms with Crippen LogP contribution < -0.4 is 4.90 Å². The molecule has 22 heavy (non-hydrogen) atoms. The van der Waals surface area contributed by atoms with Crippen molar-refractivity contribution in [2.24, 2.45) is 0 Å². The van der Waals surface area contributed by atoms with Gasteiger partial charge in [0.25, 0.3) is 5.91 Å².